The highest BCUT2D eigenvalue weighted by Gasteiger charge is 2.26. The molecule has 0 bridgehead atoms. The molecule has 0 saturated carbocycles. The maximum Gasteiger partial charge on any atom is 0.276 e. The lowest BCUT2D eigenvalue weighted by molar-refractivity contribution is 0.0617. The molecule has 1 aliphatic rings. The zero-order valence-electron chi connectivity index (χ0n) is 15.2. The number of aromatic nitrogens is 2. The number of carbonyl (C=O) groups is 1. The van der Waals surface area contributed by atoms with E-state index < -0.39 is 0 Å². The number of halogens is 1. The first kappa shape index (κ1) is 19.2. The molecule has 3 aromatic heterocycles. The van der Waals surface area contributed by atoms with Gasteiger partial charge in [0.05, 0.1) is 12.0 Å². The van der Waals surface area contributed by atoms with Gasteiger partial charge >= 0.3 is 0 Å². The summed E-state index contributed by atoms with van der Waals surface area (Å²) in [5.41, 5.74) is 2.36. The van der Waals surface area contributed by atoms with Gasteiger partial charge in [0.25, 0.3) is 5.91 Å². The van der Waals surface area contributed by atoms with E-state index in [2.05, 4.69) is 15.2 Å². The molecular weight excluding hydrogens is 372 g/mol. The zero-order valence-corrected chi connectivity index (χ0v) is 16.0. The molecule has 0 radical (unpaired) electrons. The Morgan fingerprint density at radius 3 is 2.52 bits per heavy atom. The van der Waals surface area contributed by atoms with Crippen molar-refractivity contribution in [1.29, 1.82) is 0 Å². The number of hydrogen-bond donors (Lipinski definition) is 0. The van der Waals surface area contributed by atoms with Crippen molar-refractivity contribution in [2.45, 2.75) is 20.4 Å². The minimum atomic E-state index is -0.122. The van der Waals surface area contributed by atoms with Crippen molar-refractivity contribution in [2.24, 2.45) is 0 Å². The highest BCUT2D eigenvalue weighted by atomic mass is 35.5. The van der Waals surface area contributed by atoms with E-state index in [1.807, 2.05) is 13.8 Å². The van der Waals surface area contributed by atoms with Crippen molar-refractivity contribution in [2.75, 3.05) is 26.2 Å². The Morgan fingerprint density at radius 1 is 1.11 bits per heavy atom. The number of amides is 1. The smallest absolute Gasteiger partial charge is 0.276 e. The van der Waals surface area contributed by atoms with Crippen LogP contribution in [0.2, 0.25) is 0 Å². The molecule has 3 aromatic rings. The van der Waals surface area contributed by atoms with Crippen molar-refractivity contribution in [3.63, 3.8) is 0 Å². The molecule has 0 N–H and O–H groups in total. The topological polar surface area (TPSA) is 88.8 Å². The molecule has 144 valence electrons. The summed E-state index contributed by atoms with van der Waals surface area (Å²) in [5.74, 6) is 1.74. The summed E-state index contributed by atoms with van der Waals surface area (Å²) < 4.78 is 15.7. The number of nitrogens with zero attached hydrogens (tertiary/aromatic N) is 4. The molecule has 0 spiro atoms. The molecular formula is C18H21ClN4O4. The molecule has 1 fully saturated rings. The van der Waals surface area contributed by atoms with Gasteiger partial charge in [-0.05, 0) is 26.0 Å². The Morgan fingerprint density at radius 2 is 1.89 bits per heavy atom. The van der Waals surface area contributed by atoms with Gasteiger partial charge in [0.2, 0.25) is 5.76 Å². The summed E-state index contributed by atoms with van der Waals surface area (Å²) in [7, 11) is 0. The van der Waals surface area contributed by atoms with Crippen LogP contribution in [-0.4, -0.2) is 52.2 Å². The van der Waals surface area contributed by atoms with Crippen LogP contribution in [0.25, 0.3) is 11.5 Å². The van der Waals surface area contributed by atoms with Crippen molar-refractivity contribution in [3.05, 3.63) is 47.2 Å². The van der Waals surface area contributed by atoms with Crippen molar-refractivity contribution in [3.8, 4) is 11.5 Å². The van der Waals surface area contributed by atoms with Crippen LogP contribution in [0.15, 0.2) is 37.9 Å². The van der Waals surface area contributed by atoms with E-state index in [-0.39, 0.29) is 18.3 Å². The molecule has 0 aromatic carbocycles. The number of hydrogen-bond acceptors (Lipinski definition) is 7. The van der Waals surface area contributed by atoms with Crippen molar-refractivity contribution in [1.82, 2.24) is 20.1 Å². The third-order valence-electron chi connectivity index (χ3n) is 4.72. The zero-order chi connectivity index (χ0) is 18.1. The van der Waals surface area contributed by atoms with Crippen LogP contribution in [0.4, 0.5) is 0 Å². The lowest BCUT2D eigenvalue weighted by Crippen LogP contribution is -2.48. The van der Waals surface area contributed by atoms with Gasteiger partial charge < -0.3 is 18.4 Å². The highest BCUT2D eigenvalue weighted by Crippen LogP contribution is 2.22. The molecule has 0 atom stereocenters. The molecule has 0 aliphatic carbocycles. The van der Waals surface area contributed by atoms with Gasteiger partial charge in [-0.2, -0.15) is 0 Å². The Hall–Kier alpha value is -2.58. The van der Waals surface area contributed by atoms with E-state index in [9.17, 15) is 4.79 Å². The number of piperazine rings is 1. The third kappa shape index (κ3) is 3.91. The van der Waals surface area contributed by atoms with Crippen molar-refractivity contribution >= 4 is 18.3 Å². The Labute approximate surface area is 162 Å². The number of carbonyl (C=O) groups excluding carboxylic acids is 1. The monoisotopic (exact) mass is 392 g/mol. The fraction of sp³-hybridized carbons (Fsp3) is 0.389. The molecule has 4 rings (SSSR count). The highest BCUT2D eigenvalue weighted by molar-refractivity contribution is 5.93. The van der Waals surface area contributed by atoms with Crippen LogP contribution in [0.1, 0.15) is 27.5 Å². The first-order valence-corrected chi connectivity index (χ1v) is 8.56. The molecule has 1 saturated heterocycles. The average Bonchev–Trinajstić information content (AvgIpc) is 3.39. The van der Waals surface area contributed by atoms with Crippen LogP contribution >= 0.6 is 12.4 Å². The molecule has 27 heavy (non-hydrogen) atoms. The van der Waals surface area contributed by atoms with Gasteiger partial charge in [-0.1, -0.05) is 10.3 Å². The average molecular weight is 393 g/mol. The molecule has 9 heteroatoms. The van der Waals surface area contributed by atoms with Crippen LogP contribution in [0, 0.1) is 13.8 Å². The Bertz CT molecular complexity index is 875. The van der Waals surface area contributed by atoms with E-state index >= 15 is 0 Å². The van der Waals surface area contributed by atoms with Gasteiger partial charge in [-0.15, -0.1) is 12.4 Å². The first-order chi connectivity index (χ1) is 12.6. The quantitative estimate of drug-likeness (QED) is 0.674. The van der Waals surface area contributed by atoms with E-state index in [4.69, 9.17) is 13.5 Å². The third-order valence-corrected chi connectivity index (χ3v) is 4.72. The largest absolute Gasteiger partial charge is 0.461 e. The normalized spacial score (nSPS) is 15.0. The summed E-state index contributed by atoms with van der Waals surface area (Å²) in [5, 5.41) is 7.89. The van der Waals surface area contributed by atoms with E-state index in [1.165, 1.54) is 0 Å². The first-order valence-electron chi connectivity index (χ1n) is 8.56. The van der Waals surface area contributed by atoms with Crippen molar-refractivity contribution < 1.29 is 18.3 Å². The fourth-order valence-corrected chi connectivity index (χ4v) is 3.13. The number of aryl methyl sites for hydroxylation is 2. The van der Waals surface area contributed by atoms with Gasteiger partial charge in [-0.3, -0.25) is 9.69 Å². The van der Waals surface area contributed by atoms with E-state index in [0.717, 1.165) is 36.7 Å². The fourth-order valence-electron chi connectivity index (χ4n) is 3.13. The minimum Gasteiger partial charge on any atom is -0.461 e. The molecule has 0 unspecified atom stereocenters. The second-order valence-electron chi connectivity index (χ2n) is 6.42. The maximum atomic E-state index is 12.6. The molecule has 8 nitrogen and oxygen atoms in total. The van der Waals surface area contributed by atoms with Crippen LogP contribution in [0.5, 0.6) is 0 Å². The van der Waals surface area contributed by atoms with Crippen LogP contribution in [0.3, 0.4) is 0 Å². The second-order valence-corrected chi connectivity index (χ2v) is 6.42. The van der Waals surface area contributed by atoms with Crippen LogP contribution in [-0.2, 0) is 6.54 Å². The second kappa shape index (κ2) is 7.98. The SMILES string of the molecule is Cc1noc(C)c1CN1CCN(C(=O)c2cc(-c3ccco3)on2)CC1.Cl. The van der Waals surface area contributed by atoms with Gasteiger partial charge in [-0.25, -0.2) is 0 Å². The lowest BCUT2D eigenvalue weighted by Gasteiger charge is -2.34. The van der Waals surface area contributed by atoms with E-state index in [1.54, 1.807) is 29.4 Å². The molecule has 1 amide bonds. The summed E-state index contributed by atoms with van der Waals surface area (Å²) in [6, 6.07) is 5.15. The predicted molar refractivity (Wildman–Crippen MR) is 98.6 cm³/mol. The maximum absolute atomic E-state index is 12.6. The molecule has 1 aliphatic heterocycles. The van der Waals surface area contributed by atoms with Gasteiger partial charge in [0.1, 0.15) is 5.76 Å². The molecule has 4 heterocycles. The predicted octanol–water partition coefficient (Wildman–Crippen LogP) is 2.92. The Kier molecular flexibility index (Phi) is 5.67. The van der Waals surface area contributed by atoms with E-state index in [0.29, 0.717) is 30.3 Å². The standard InChI is InChI=1S/C18H20N4O4.ClH/c1-12-14(13(2)25-19-12)11-21-5-7-22(8-6-21)18(23)15-10-17(26-20-15)16-4-3-9-24-16;/h3-4,9-10H,5-8,11H2,1-2H3;1H. The van der Waals surface area contributed by atoms with Crippen LogP contribution < -0.4 is 0 Å². The number of furan rings is 1. The van der Waals surface area contributed by atoms with Gasteiger partial charge in [0.15, 0.2) is 11.5 Å². The lowest BCUT2D eigenvalue weighted by atomic mass is 10.1. The summed E-state index contributed by atoms with van der Waals surface area (Å²) in [6.07, 6.45) is 1.55. The van der Waals surface area contributed by atoms with Gasteiger partial charge in [0, 0.05) is 44.4 Å². The summed E-state index contributed by atoms with van der Waals surface area (Å²) in [4.78, 5) is 16.7. The summed E-state index contributed by atoms with van der Waals surface area (Å²) in [6.45, 7) is 7.53. The minimum absolute atomic E-state index is 0. The summed E-state index contributed by atoms with van der Waals surface area (Å²) >= 11 is 0. The number of rotatable bonds is 4. The Balaban J connectivity index is 0.00000210.